The molecule has 20 heavy (non-hydrogen) atoms. The third-order valence-electron chi connectivity index (χ3n) is 2.84. The molecule has 0 radical (unpaired) electrons. The number of Topliss-reactive ketones (excluding diaryl/α,β-unsaturated/α-hetero) is 1. The molecule has 0 atom stereocenters. The first kappa shape index (κ1) is 14.4. The number of ether oxygens (including phenoxy) is 2. The number of benzene rings is 2. The fourth-order valence-corrected chi connectivity index (χ4v) is 1.92. The van der Waals surface area contributed by atoms with Gasteiger partial charge in [-0.05, 0) is 36.8 Å². The van der Waals surface area contributed by atoms with Crippen LogP contribution in [-0.2, 0) is 0 Å². The lowest BCUT2D eigenvalue weighted by Crippen LogP contribution is -2.11. The predicted molar refractivity (Wildman–Crippen MR) is 79.0 cm³/mol. The Labute approximate surface area is 123 Å². The molecule has 0 heterocycles. The van der Waals surface area contributed by atoms with Crippen molar-refractivity contribution in [3.05, 3.63) is 58.6 Å². The highest BCUT2D eigenvalue weighted by atomic mass is 35.5. The number of methoxy groups -OCH3 is 1. The maximum absolute atomic E-state index is 12.1. The van der Waals surface area contributed by atoms with Crippen molar-refractivity contribution in [3.63, 3.8) is 0 Å². The third-order valence-corrected chi connectivity index (χ3v) is 3.15. The van der Waals surface area contributed by atoms with E-state index in [2.05, 4.69) is 0 Å². The van der Waals surface area contributed by atoms with Crippen molar-refractivity contribution in [2.75, 3.05) is 13.7 Å². The number of halogens is 1. The van der Waals surface area contributed by atoms with Gasteiger partial charge in [-0.3, -0.25) is 4.79 Å². The molecule has 0 spiro atoms. The van der Waals surface area contributed by atoms with Crippen molar-refractivity contribution in [1.82, 2.24) is 0 Å². The first-order valence-electron chi connectivity index (χ1n) is 6.16. The van der Waals surface area contributed by atoms with E-state index in [0.717, 1.165) is 5.56 Å². The number of ketones is 1. The van der Waals surface area contributed by atoms with Crippen molar-refractivity contribution in [2.45, 2.75) is 6.92 Å². The van der Waals surface area contributed by atoms with E-state index in [1.807, 2.05) is 13.0 Å². The molecule has 0 aromatic heterocycles. The zero-order chi connectivity index (χ0) is 14.5. The lowest BCUT2D eigenvalue weighted by Gasteiger charge is -2.09. The summed E-state index contributed by atoms with van der Waals surface area (Å²) in [6.45, 7) is 1.88. The Balaban J connectivity index is 2.06. The highest BCUT2D eigenvalue weighted by Crippen LogP contribution is 2.25. The van der Waals surface area contributed by atoms with E-state index in [1.165, 1.54) is 0 Å². The largest absolute Gasteiger partial charge is 0.497 e. The lowest BCUT2D eigenvalue weighted by molar-refractivity contribution is 0.0921. The van der Waals surface area contributed by atoms with Crippen LogP contribution in [0.15, 0.2) is 42.5 Å². The Kier molecular flexibility index (Phi) is 4.64. The van der Waals surface area contributed by atoms with Crippen LogP contribution in [0.25, 0.3) is 0 Å². The van der Waals surface area contributed by atoms with E-state index in [4.69, 9.17) is 21.1 Å². The van der Waals surface area contributed by atoms with Gasteiger partial charge in [0.25, 0.3) is 0 Å². The van der Waals surface area contributed by atoms with Crippen LogP contribution in [-0.4, -0.2) is 19.5 Å². The van der Waals surface area contributed by atoms with E-state index in [-0.39, 0.29) is 12.4 Å². The van der Waals surface area contributed by atoms with Gasteiger partial charge in [0.15, 0.2) is 12.4 Å². The Morgan fingerprint density at radius 3 is 2.75 bits per heavy atom. The lowest BCUT2D eigenvalue weighted by atomic mass is 10.1. The van der Waals surface area contributed by atoms with Gasteiger partial charge in [-0.1, -0.05) is 29.8 Å². The topological polar surface area (TPSA) is 35.5 Å². The monoisotopic (exact) mass is 290 g/mol. The molecule has 0 bridgehead atoms. The van der Waals surface area contributed by atoms with Crippen LogP contribution in [0.3, 0.4) is 0 Å². The molecule has 0 amide bonds. The number of hydrogen-bond donors (Lipinski definition) is 0. The molecule has 0 aliphatic rings. The van der Waals surface area contributed by atoms with Crippen molar-refractivity contribution in [2.24, 2.45) is 0 Å². The molecule has 3 nitrogen and oxygen atoms in total. The summed E-state index contributed by atoms with van der Waals surface area (Å²) in [4.78, 5) is 12.1. The molecule has 0 unspecified atom stereocenters. The van der Waals surface area contributed by atoms with Gasteiger partial charge < -0.3 is 9.47 Å². The molecule has 0 aliphatic carbocycles. The molecular weight excluding hydrogens is 276 g/mol. The third kappa shape index (κ3) is 3.52. The highest BCUT2D eigenvalue weighted by Gasteiger charge is 2.09. The van der Waals surface area contributed by atoms with Gasteiger partial charge in [-0.2, -0.15) is 0 Å². The van der Waals surface area contributed by atoms with Crippen LogP contribution in [0.4, 0.5) is 0 Å². The maximum Gasteiger partial charge on any atom is 0.200 e. The van der Waals surface area contributed by atoms with Crippen LogP contribution in [0.5, 0.6) is 11.5 Å². The minimum Gasteiger partial charge on any atom is -0.497 e. The summed E-state index contributed by atoms with van der Waals surface area (Å²) in [5.74, 6) is 1.04. The Hall–Kier alpha value is -2.00. The molecular formula is C16H15ClO3. The quantitative estimate of drug-likeness (QED) is 0.783. The van der Waals surface area contributed by atoms with E-state index in [0.29, 0.717) is 22.1 Å². The van der Waals surface area contributed by atoms with Crippen molar-refractivity contribution in [3.8, 4) is 11.5 Å². The first-order valence-corrected chi connectivity index (χ1v) is 6.54. The average molecular weight is 291 g/mol. The minimum absolute atomic E-state index is 0.0592. The fraction of sp³-hybridized carbons (Fsp3) is 0.188. The van der Waals surface area contributed by atoms with Crippen LogP contribution in [0, 0.1) is 6.92 Å². The molecule has 2 rings (SSSR count). The zero-order valence-corrected chi connectivity index (χ0v) is 12.1. The van der Waals surface area contributed by atoms with Gasteiger partial charge in [0, 0.05) is 5.56 Å². The molecule has 0 N–H and O–H groups in total. The van der Waals surface area contributed by atoms with E-state index in [9.17, 15) is 4.79 Å². The van der Waals surface area contributed by atoms with Gasteiger partial charge in [0.05, 0.1) is 12.1 Å². The summed E-state index contributed by atoms with van der Waals surface area (Å²) in [5.41, 5.74) is 1.58. The van der Waals surface area contributed by atoms with Crippen molar-refractivity contribution in [1.29, 1.82) is 0 Å². The smallest absolute Gasteiger partial charge is 0.200 e. The van der Waals surface area contributed by atoms with Crippen LogP contribution >= 0.6 is 11.6 Å². The molecule has 0 fully saturated rings. The second-order valence-electron chi connectivity index (χ2n) is 4.38. The Bertz CT molecular complexity index is 623. The molecule has 0 saturated heterocycles. The van der Waals surface area contributed by atoms with Crippen LogP contribution in [0.2, 0.25) is 5.02 Å². The summed E-state index contributed by atoms with van der Waals surface area (Å²) in [7, 11) is 1.56. The molecule has 2 aromatic rings. The van der Waals surface area contributed by atoms with Gasteiger partial charge in [-0.25, -0.2) is 0 Å². The number of hydrogen-bond acceptors (Lipinski definition) is 3. The summed E-state index contributed by atoms with van der Waals surface area (Å²) >= 11 is 6.02. The van der Waals surface area contributed by atoms with E-state index < -0.39 is 0 Å². The van der Waals surface area contributed by atoms with Crippen LogP contribution in [0.1, 0.15) is 15.9 Å². The molecule has 2 aromatic carbocycles. The van der Waals surface area contributed by atoms with E-state index in [1.54, 1.807) is 43.5 Å². The van der Waals surface area contributed by atoms with Gasteiger partial charge >= 0.3 is 0 Å². The highest BCUT2D eigenvalue weighted by molar-refractivity contribution is 6.32. The molecule has 0 aliphatic heterocycles. The standard InChI is InChI=1S/C16H15ClO3/c1-11-6-7-14(17)16(8-11)20-10-15(18)12-4-3-5-13(9-12)19-2/h3-9H,10H2,1-2H3. The first-order chi connectivity index (χ1) is 9.60. The maximum atomic E-state index is 12.1. The van der Waals surface area contributed by atoms with Crippen LogP contribution < -0.4 is 9.47 Å². The summed E-state index contributed by atoms with van der Waals surface area (Å²) in [6.07, 6.45) is 0. The summed E-state index contributed by atoms with van der Waals surface area (Å²) in [5, 5.41) is 0.494. The minimum atomic E-state index is -0.124. The summed E-state index contributed by atoms with van der Waals surface area (Å²) in [6, 6.07) is 12.4. The normalized spacial score (nSPS) is 10.2. The number of carbonyl (C=O) groups is 1. The van der Waals surface area contributed by atoms with Crippen molar-refractivity contribution < 1.29 is 14.3 Å². The fourth-order valence-electron chi connectivity index (χ4n) is 1.74. The second kappa shape index (κ2) is 6.44. The van der Waals surface area contributed by atoms with Gasteiger partial charge in [0.2, 0.25) is 0 Å². The SMILES string of the molecule is COc1cccc(C(=O)COc2cc(C)ccc2Cl)c1. The summed E-state index contributed by atoms with van der Waals surface area (Å²) < 4.78 is 10.6. The Morgan fingerprint density at radius 2 is 2.00 bits per heavy atom. The van der Waals surface area contributed by atoms with Gasteiger partial charge in [-0.15, -0.1) is 0 Å². The molecule has 0 saturated carbocycles. The molecule has 104 valence electrons. The molecule has 4 heteroatoms. The number of carbonyl (C=O) groups excluding carboxylic acids is 1. The van der Waals surface area contributed by atoms with Crippen molar-refractivity contribution >= 4 is 17.4 Å². The number of aryl methyl sites for hydroxylation is 1. The number of rotatable bonds is 5. The Morgan fingerprint density at radius 1 is 1.20 bits per heavy atom. The zero-order valence-electron chi connectivity index (χ0n) is 11.4. The van der Waals surface area contributed by atoms with E-state index >= 15 is 0 Å². The predicted octanol–water partition coefficient (Wildman–Crippen LogP) is 3.92. The average Bonchev–Trinajstić information content (AvgIpc) is 2.48. The van der Waals surface area contributed by atoms with Gasteiger partial charge in [0.1, 0.15) is 11.5 Å². The second-order valence-corrected chi connectivity index (χ2v) is 4.78.